The third-order valence-corrected chi connectivity index (χ3v) is 4.61. The van der Waals surface area contributed by atoms with Gasteiger partial charge in [-0.3, -0.25) is 9.59 Å². The molecule has 0 aliphatic carbocycles. The predicted molar refractivity (Wildman–Crippen MR) is 81.9 cm³/mol. The molecule has 0 saturated carbocycles. The molecule has 1 aromatic carbocycles. The normalized spacial score (nSPS) is 22.3. The second-order valence-electron chi connectivity index (χ2n) is 6.24. The Kier molecular flexibility index (Phi) is 4.22. The van der Waals surface area contributed by atoms with Crippen LogP contribution in [-0.4, -0.2) is 41.1 Å². The average Bonchev–Trinajstić information content (AvgIpc) is 3.17. The fourth-order valence-electron chi connectivity index (χ4n) is 3.18. The molecule has 1 amide bonds. The van der Waals surface area contributed by atoms with Gasteiger partial charge in [0.2, 0.25) is 5.91 Å². The molecule has 8 heteroatoms. The first-order valence-electron chi connectivity index (χ1n) is 7.75. The van der Waals surface area contributed by atoms with Crippen molar-refractivity contribution in [1.29, 1.82) is 0 Å². The van der Waals surface area contributed by atoms with E-state index in [-0.39, 0.29) is 0 Å². The number of amides is 1. The molecule has 2 heterocycles. The van der Waals surface area contributed by atoms with E-state index in [0.717, 1.165) is 10.3 Å². The number of likely N-dealkylation sites (tertiary alicyclic amines) is 1. The van der Waals surface area contributed by atoms with Gasteiger partial charge < -0.3 is 14.4 Å². The van der Waals surface area contributed by atoms with E-state index in [1.54, 1.807) is 30.3 Å². The molecule has 3 atom stereocenters. The average molecular weight is 355 g/mol. The van der Waals surface area contributed by atoms with Crippen LogP contribution >= 0.6 is 0 Å². The van der Waals surface area contributed by atoms with Crippen molar-refractivity contribution >= 4 is 22.8 Å². The zero-order valence-electron chi connectivity index (χ0n) is 13.3. The highest BCUT2D eigenvalue weighted by Crippen LogP contribution is 2.39. The topological polar surface area (TPSA) is 70.8 Å². The van der Waals surface area contributed by atoms with Crippen molar-refractivity contribution < 1.29 is 32.3 Å². The van der Waals surface area contributed by atoms with Gasteiger partial charge in [0, 0.05) is 18.5 Å². The Bertz CT molecular complexity index is 781. The van der Waals surface area contributed by atoms with Crippen LogP contribution in [0.1, 0.15) is 18.6 Å². The van der Waals surface area contributed by atoms with Crippen LogP contribution in [0.2, 0.25) is 0 Å². The van der Waals surface area contributed by atoms with E-state index in [4.69, 9.17) is 9.52 Å². The predicted octanol–water partition coefficient (Wildman–Crippen LogP) is 3.26. The number of hydrogen-bond donors (Lipinski definition) is 1. The molecule has 1 fully saturated rings. The minimum atomic E-state index is -4.67. The van der Waals surface area contributed by atoms with Crippen LogP contribution in [0.5, 0.6) is 0 Å². The summed E-state index contributed by atoms with van der Waals surface area (Å²) in [6.07, 6.45) is -4.67. The Morgan fingerprint density at radius 3 is 2.52 bits per heavy atom. The first-order valence-corrected chi connectivity index (χ1v) is 7.75. The number of halogens is 3. The Morgan fingerprint density at radius 2 is 1.96 bits per heavy atom. The minimum Gasteiger partial charge on any atom is -0.481 e. The first-order chi connectivity index (χ1) is 11.7. The lowest BCUT2D eigenvalue weighted by Gasteiger charge is -2.20. The van der Waals surface area contributed by atoms with Crippen molar-refractivity contribution in [3.63, 3.8) is 0 Å². The number of carbonyl (C=O) groups excluding carboxylic acids is 1. The van der Waals surface area contributed by atoms with Gasteiger partial charge >= 0.3 is 12.1 Å². The maximum Gasteiger partial charge on any atom is 0.394 e. The number of fused-ring (bicyclic) bond motifs is 1. The molecule has 5 nitrogen and oxygen atoms in total. The first kappa shape index (κ1) is 17.3. The van der Waals surface area contributed by atoms with Crippen molar-refractivity contribution in [2.45, 2.75) is 19.0 Å². The van der Waals surface area contributed by atoms with Crippen LogP contribution in [0.25, 0.3) is 11.0 Å². The number of alkyl halides is 3. The summed E-state index contributed by atoms with van der Waals surface area (Å²) < 4.78 is 44.7. The molecular formula is C17H16F3NO4. The summed E-state index contributed by atoms with van der Waals surface area (Å²) in [6, 6.07) is 8.78. The summed E-state index contributed by atoms with van der Waals surface area (Å²) in [4.78, 5) is 24.7. The highest BCUT2D eigenvalue weighted by Gasteiger charge is 2.53. The molecule has 1 aliphatic heterocycles. The number of aliphatic carboxylic acids is 1. The van der Waals surface area contributed by atoms with Crippen molar-refractivity contribution in [2.75, 3.05) is 13.1 Å². The van der Waals surface area contributed by atoms with E-state index >= 15 is 0 Å². The molecule has 3 rings (SSSR count). The van der Waals surface area contributed by atoms with Crippen LogP contribution in [0.4, 0.5) is 13.2 Å². The number of nitrogens with zero attached hydrogens (tertiary/aromatic N) is 1. The highest BCUT2D eigenvalue weighted by atomic mass is 19.4. The molecule has 1 N–H and O–H groups in total. The number of benzene rings is 1. The number of rotatable bonds is 3. The van der Waals surface area contributed by atoms with Gasteiger partial charge in [-0.2, -0.15) is 13.2 Å². The third kappa shape index (κ3) is 3.20. The van der Waals surface area contributed by atoms with Crippen LogP contribution in [-0.2, 0) is 9.59 Å². The molecule has 0 spiro atoms. The lowest BCUT2D eigenvalue weighted by atomic mass is 9.96. The van der Waals surface area contributed by atoms with E-state index in [2.05, 4.69) is 0 Å². The van der Waals surface area contributed by atoms with Gasteiger partial charge in [-0.15, -0.1) is 0 Å². The molecule has 134 valence electrons. The Hall–Kier alpha value is -2.51. The summed E-state index contributed by atoms with van der Waals surface area (Å²) in [5.74, 6) is -6.28. The number of furan rings is 1. The van der Waals surface area contributed by atoms with Gasteiger partial charge in [0.25, 0.3) is 0 Å². The molecule has 0 radical (unpaired) electrons. The monoisotopic (exact) mass is 355 g/mol. The molecular weight excluding hydrogens is 339 g/mol. The van der Waals surface area contributed by atoms with Gasteiger partial charge in [-0.05, 0) is 19.1 Å². The lowest BCUT2D eigenvalue weighted by Crippen LogP contribution is -2.34. The molecule has 1 unspecified atom stereocenters. The smallest absolute Gasteiger partial charge is 0.394 e. The van der Waals surface area contributed by atoms with E-state index in [1.807, 2.05) is 0 Å². The second kappa shape index (κ2) is 6.09. The number of carboxylic acids is 1. The molecule has 1 aliphatic rings. The number of hydrogen-bond acceptors (Lipinski definition) is 3. The zero-order valence-corrected chi connectivity index (χ0v) is 13.3. The standard InChI is InChI=1S/C17H16F3NO4/c1-9(14-6-10-4-2-3-5-13(10)25-14)15(22)21-7-11(16(23)24)12(8-21)17(18,19)20/h2-6,9,11-12H,7-8H2,1H3,(H,23,24)/t9?,11-,12-/m1/s1. The van der Waals surface area contributed by atoms with Crippen LogP contribution in [0, 0.1) is 11.8 Å². The Labute approximate surface area is 141 Å². The highest BCUT2D eigenvalue weighted by molar-refractivity contribution is 5.86. The maximum atomic E-state index is 13.1. The summed E-state index contributed by atoms with van der Waals surface area (Å²) in [6.45, 7) is 0.434. The van der Waals surface area contributed by atoms with Crippen molar-refractivity contribution in [1.82, 2.24) is 4.90 Å². The van der Waals surface area contributed by atoms with Gasteiger partial charge in [-0.1, -0.05) is 18.2 Å². The quantitative estimate of drug-likeness (QED) is 0.917. The molecule has 0 bridgehead atoms. The van der Waals surface area contributed by atoms with Crippen LogP contribution in [0.3, 0.4) is 0 Å². The Morgan fingerprint density at radius 1 is 1.28 bits per heavy atom. The second-order valence-corrected chi connectivity index (χ2v) is 6.24. The molecule has 1 saturated heterocycles. The van der Waals surface area contributed by atoms with Gasteiger partial charge in [0.1, 0.15) is 11.3 Å². The summed E-state index contributed by atoms with van der Waals surface area (Å²) in [5, 5.41) is 9.83. The van der Waals surface area contributed by atoms with Gasteiger partial charge in [0.15, 0.2) is 0 Å². The van der Waals surface area contributed by atoms with E-state index in [9.17, 15) is 22.8 Å². The van der Waals surface area contributed by atoms with Crippen LogP contribution < -0.4 is 0 Å². The van der Waals surface area contributed by atoms with E-state index in [0.29, 0.717) is 11.3 Å². The zero-order chi connectivity index (χ0) is 18.4. The van der Waals surface area contributed by atoms with E-state index in [1.165, 1.54) is 6.92 Å². The third-order valence-electron chi connectivity index (χ3n) is 4.61. The van der Waals surface area contributed by atoms with Gasteiger partial charge in [0.05, 0.1) is 17.8 Å². The fourth-order valence-corrected chi connectivity index (χ4v) is 3.18. The number of carboxylic acid groups (broad SMARTS) is 1. The van der Waals surface area contributed by atoms with E-state index < -0.39 is 48.9 Å². The molecule has 1 aromatic heterocycles. The maximum absolute atomic E-state index is 13.1. The van der Waals surface area contributed by atoms with Crippen molar-refractivity contribution in [3.8, 4) is 0 Å². The summed E-state index contributed by atoms with van der Waals surface area (Å²) >= 11 is 0. The Balaban J connectivity index is 1.81. The van der Waals surface area contributed by atoms with Gasteiger partial charge in [-0.25, -0.2) is 0 Å². The number of para-hydroxylation sites is 1. The molecule has 2 aromatic rings. The summed E-state index contributed by atoms with van der Waals surface area (Å²) in [5.41, 5.74) is 0.579. The lowest BCUT2D eigenvalue weighted by molar-refractivity contribution is -0.188. The number of carbonyl (C=O) groups is 2. The minimum absolute atomic E-state index is 0.341. The SMILES string of the molecule is CC(C(=O)N1C[C@@H](C(F)(F)F)[C@H](C(=O)O)C1)c1cc2ccccc2o1. The van der Waals surface area contributed by atoms with Crippen LogP contribution in [0.15, 0.2) is 34.7 Å². The fraction of sp³-hybridized carbons (Fsp3) is 0.412. The van der Waals surface area contributed by atoms with Crippen molar-refractivity contribution in [2.24, 2.45) is 11.8 Å². The van der Waals surface area contributed by atoms with Crippen molar-refractivity contribution in [3.05, 3.63) is 36.1 Å². The molecule has 25 heavy (non-hydrogen) atoms. The largest absolute Gasteiger partial charge is 0.481 e. The summed E-state index contributed by atoms with van der Waals surface area (Å²) in [7, 11) is 0.